The van der Waals surface area contributed by atoms with E-state index in [0.29, 0.717) is 6.42 Å². The minimum atomic E-state index is -3.66. The molecule has 0 radical (unpaired) electrons. The predicted octanol–water partition coefficient (Wildman–Crippen LogP) is 3.23. The van der Waals surface area contributed by atoms with Gasteiger partial charge in [0, 0.05) is 19.3 Å². The highest BCUT2D eigenvalue weighted by Crippen LogP contribution is 2.14. The summed E-state index contributed by atoms with van der Waals surface area (Å²) in [4.78, 5) is 2.27. The fraction of sp³-hybridized carbons (Fsp3) is 0.294. The second-order valence-electron chi connectivity index (χ2n) is 5.20. The van der Waals surface area contributed by atoms with Gasteiger partial charge in [0.05, 0.1) is 11.5 Å². The average Bonchev–Trinajstić information content (AvgIpc) is 2.52. The molecule has 0 heterocycles. The van der Waals surface area contributed by atoms with E-state index in [2.05, 4.69) is 4.90 Å². The summed E-state index contributed by atoms with van der Waals surface area (Å²) in [6.45, 7) is 2.82. The lowest BCUT2D eigenvalue weighted by atomic mass is 10.2. The summed E-state index contributed by atoms with van der Waals surface area (Å²) in [7, 11) is -1.68. The number of para-hydroxylation sites is 1. The van der Waals surface area contributed by atoms with E-state index >= 15 is 0 Å². The van der Waals surface area contributed by atoms with Gasteiger partial charge < -0.3 is 4.90 Å². The van der Waals surface area contributed by atoms with Gasteiger partial charge in [0.1, 0.15) is 0 Å². The van der Waals surface area contributed by atoms with Crippen LogP contribution in [0.1, 0.15) is 12.0 Å². The number of aryl methyl sites for hydroxylation is 1. The molecule has 2 rings (SSSR count). The van der Waals surface area contributed by atoms with Crippen LogP contribution in [0.15, 0.2) is 59.5 Å². The molecule has 0 fully saturated rings. The van der Waals surface area contributed by atoms with Gasteiger partial charge in [-0.05, 0) is 37.6 Å². The number of anilines is 1. The van der Waals surface area contributed by atoms with Crippen molar-refractivity contribution in [1.29, 1.82) is 0 Å². The number of hydrogen-bond acceptors (Lipinski definition) is 4. The van der Waals surface area contributed by atoms with Gasteiger partial charge in [-0.2, -0.15) is 8.42 Å². The lowest BCUT2D eigenvalue weighted by Gasteiger charge is -2.18. The average molecular weight is 319 g/mol. The topological polar surface area (TPSA) is 46.6 Å². The van der Waals surface area contributed by atoms with Gasteiger partial charge in [-0.3, -0.25) is 4.18 Å². The van der Waals surface area contributed by atoms with Gasteiger partial charge >= 0.3 is 0 Å². The standard InChI is InChI=1S/C17H21NO3S/c1-15-9-11-17(12-10-15)22(19,20)21-14-6-13-18(2)16-7-4-3-5-8-16/h3-5,7-12H,6,13-14H2,1-2H3. The van der Waals surface area contributed by atoms with E-state index in [-0.39, 0.29) is 11.5 Å². The Morgan fingerprint density at radius 2 is 1.64 bits per heavy atom. The van der Waals surface area contributed by atoms with Gasteiger partial charge in [-0.1, -0.05) is 35.9 Å². The van der Waals surface area contributed by atoms with Gasteiger partial charge in [-0.15, -0.1) is 0 Å². The van der Waals surface area contributed by atoms with Crippen molar-refractivity contribution >= 4 is 15.8 Å². The van der Waals surface area contributed by atoms with Crippen LogP contribution < -0.4 is 4.90 Å². The van der Waals surface area contributed by atoms with Crippen LogP contribution in [0.4, 0.5) is 5.69 Å². The first-order valence-corrected chi connectivity index (χ1v) is 8.62. The molecular weight excluding hydrogens is 298 g/mol. The summed E-state index contributed by atoms with van der Waals surface area (Å²) in [5, 5.41) is 0. The first-order valence-electron chi connectivity index (χ1n) is 7.21. The molecule has 5 heteroatoms. The molecule has 2 aromatic rings. The summed E-state index contributed by atoms with van der Waals surface area (Å²) in [5.74, 6) is 0. The molecule has 0 aromatic heterocycles. The monoisotopic (exact) mass is 319 g/mol. The Labute approximate surface area is 132 Å². The molecule has 22 heavy (non-hydrogen) atoms. The van der Waals surface area contributed by atoms with E-state index in [0.717, 1.165) is 17.8 Å². The Hall–Kier alpha value is -1.85. The number of nitrogens with zero attached hydrogens (tertiary/aromatic N) is 1. The SMILES string of the molecule is Cc1ccc(S(=O)(=O)OCCCN(C)c2ccccc2)cc1. The normalized spacial score (nSPS) is 11.4. The molecule has 0 atom stereocenters. The zero-order valence-corrected chi connectivity index (χ0v) is 13.7. The Morgan fingerprint density at radius 3 is 2.27 bits per heavy atom. The highest BCUT2D eigenvalue weighted by molar-refractivity contribution is 7.86. The number of benzene rings is 2. The molecule has 0 aliphatic rings. The van der Waals surface area contributed by atoms with Gasteiger partial charge in [-0.25, -0.2) is 0 Å². The first-order chi connectivity index (χ1) is 10.5. The molecule has 0 aliphatic carbocycles. The van der Waals surface area contributed by atoms with Gasteiger partial charge in [0.25, 0.3) is 10.1 Å². The number of rotatable bonds is 7. The van der Waals surface area contributed by atoms with Gasteiger partial charge in [0.2, 0.25) is 0 Å². The van der Waals surface area contributed by atoms with Crippen molar-refractivity contribution < 1.29 is 12.6 Å². The molecule has 0 saturated heterocycles. The van der Waals surface area contributed by atoms with Crippen LogP contribution >= 0.6 is 0 Å². The lowest BCUT2D eigenvalue weighted by Crippen LogP contribution is -2.20. The van der Waals surface area contributed by atoms with Crippen molar-refractivity contribution in [2.75, 3.05) is 25.1 Å². The van der Waals surface area contributed by atoms with E-state index < -0.39 is 10.1 Å². The van der Waals surface area contributed by atoms with Crippen molar-refractivity contribution in [3.63, 3.8) is 0 Å². The molecule has 0 spiro atoms. The second-order valence-corrected chi connectivity index (χ2v) is 6.82. The maximum Gasteiger partial charge on any atom is 0.296 e. The third-order valence-corrected chi connectivity index (χ3v) is 4.71. The van der Waals surface area contributed by atoms with E-state index in [9.17, 15) is 8.42 Å². The Morgan fingerprint density at radius 1 is 1.00 bits per heavy atom. The van der Waals surface area contributed by atoms with Crippen LogP contribution in [0.5, 0.6) is 0 Å². The molecule has 0 unspecified atom stereocenters. The Balaban J connectivity index is 1.82. The Kier molecular flexibility index (Phi) is 5.57. The van der Waals surface area contributed by atoms with E-state index in [1.54, 1.807) is 24.3 Å². The fourth-order valence-corrected chi connectivity index (χ4v) is 3.00. The van der Waals surface area contributed by atoms with Crippen LogP contribution in [0.25, 0.3) is 0 Å². The summed E-state index contributed by atoms with van der Waals surface area (Å²) >= 11 is 0. The van der Waals surface area contributed by atoms with Crippen LogP contribution in [0.3, 0.4) is 0 Å². The van der Waals surface area contributed by atoms with Gasteiger partial charge in [0.15, 0.2) is 0 Å². The van der Waals surface area contributed by atoms with E-state index in [1.807, 2.05) is 44.3 Å². The van der Waals surface area contributed by atoms with Crippen molar-refractivity contribution in [1.82, 2.24) is 0 Å². The summed E-state index contributed by atoms with van der Waals surface area (Å²) in [6, 6.07) is 16.6. The molecule has 0 N–H and O–H groups in total. The van der Waals surface area contributed by atoms with Crippen molar-refractivity contribution in [2.24, 2.45) is 0 Å². The molecule has 2 aromatic carbocycles. The quantitative estimate of drug-likeness (QED) is 0.581. The molecule has 4 nitrogen and oxygen atoms in total. The third-order valence-electron chi connectivity index (χ3n) is 3.38. The highest BCUT2D eigenvalue weighted by Gasteiger charge is 2.14. The summed E-state index contributed by atoms with van der Waals surface area (Å²) in [6.07, 6.45) is 0.635. The third kappa shape index (κ3) is 4.58. The minimum Gasteiger partial charge on any atom is -0.375 e. The second kappa shape index (κ2) is 7.42. The van der Waals surface area contributed by atoms with Crippen LogP contribution in [0, 0.1) is 6.92 Å². The zero-order chi connectivity index (χ0) is 16.0. The lowest BCUT2D eigenvalue weighted by molar-refractivity contribution is 0.313. The Bertz CT molecular complexity index is 682. The molecule has 0 amide bonds. The molecule has 118 valence electrons. The summed E-state index contributed by atoms with van der Waals surface area (Å²) < 4.78 is 29.1. The predicted molar refractivity (Wildman–Crippen MR) is 88.6 cm³/mol. The maximum absolute atomic E-state index is 12.0. The smallest absolute Gasteiger partial charge is 0.296 e. The fourth-order valence-electron chi connectivity index (χ4n) is 2.05. The largest absolute Gasteiger partial charge is 0.375 e. The molecule has 0 bridgehead atoms. The summed E-state index contributed by atoms with van der Waals surface area (Å²) in [5.41, 5.74) is 2.12. The highest BCUT2D eigenvalue weighted by atomic mass is 32.2. The maximum atomic E-state index is 12.0. The van der Waals surface area contributed by atoms with Crippen molar-refractivity contribution in [3.05, 3.63) is 60.2 Å². The molecule has 0 saturated carbocycles. The minimum absolute atomic E-state index is 0.174. The van der Waals surface area contributed by atoms with Crippen molar-refractivity contribution in [2.45, 2.75) is 18.2 Å². The zero-order valence-electron chi connectivity index (χ0n) is 12.9. The van der Waals surface area contributed by atoms with E-state index in [1.165, 1.54) is 0 Å². The first kappa shape index (κ1) is 16.5. The van der Waals surface area contributed by atoms with Crippen LogP contribution in [0.2, 0.25) is 0 Å². The van der Waals surface area contributed by atoms with Crippen molar-refractivity contribution in [3.8, 4) is 0 Å². The number of hydrogen-bond donors (Lipinski definition) is 0. The molecular formula is C17H21NO3S. The molecule has 0 aliphatic heterocycles. The van der Waals surface area contributed by atoms with Crippen LogP contribution in [-0.4, -0.2) is 28.6 Å². The van der Waals surface area contributed by atoms with Crippen LogP contribution in [-0.2, 0) is 14.3 Å². The van der Waals surface area contributed by atoms with E-state index in [4.69, 9.17) is 4.18 Å².